The van der Waals surface area contributed by atoms with Gasteiger partial charge in [0.25, 0.3) is 0 Å². The average molecular weight is 1080 g/mol. The lowest BCUT2D eigenvalue weighted by molar-refractivity contribution is -0.134. The maximum Gasteiger partial charge on any atom is 0.409 e. The van der Waals surface area contributed by atoms with Crippen LogP contribution in [0.15, 0.2) is 48.5 Å². The van der Waals surface area contributed by atoms with Crippen molar-refractivity contribution in [3.05, 3.63) is 77.1 Å². The molecule has 6 atom stereocenters. The Balaban J connectivity index is 0.641. The van der Waals surface area contributed by atoms with Gasteiger partial charge in [0.1, 0.15) is 36.1 Å². The van der Waals surface area contributed by atoms with Gasteiger partial charge in [-0.05, 0) is 131 Å². The van der Waals surface area contributed by atoms with Gasteiger partial charge in [-0.3, -0.25) is 24.5 Å². The number of aryl methyl sites for hydroxylation is 2. The molecule has 0 saturated carbocycles. The molecule has 6 saturated heterocycles. The number of nitrogens with zero attached hydrogens (tertiary/aromatic N) is 9. The third-order valence-corrected chi connectivity index (χ3v) is 18.9. The van der Waals surface area contributed by atoms with Crippen LogP contribution in [0, 0.1) is 41.7 Å². The normalized spacial score (nSPS) is 25.8. The molecule has 7 aliphatic rings. The summed E-state index contributed by atoms with van der Waals surface area (Å²) in [6.45, 7) is 8.88. The molecule has 7 aliphatic heterocycles. The van der Waals surface area contributed by atoms with Crippen molar-refractivity contribution in [3.63, 3.8) is 0 Å². The fourth-order valence-electron chi connectivity index (χ4n) is 14.7. The van der Waals surface area contributed by atoms with Gasteiger partial charge in [0.2, 0.25) is 11.8 Å². The van der Waals surface area contributed by atoms with E-state index in [-0.39, 0.29) is 58.3 Å². The van der Waals surface area contributed by atoms with Gasteiger partial charge in [-0.1, -0.05) is 37.1 Å². The summed E-state index contributed by atoms with van der Waals surface area (Å²) in [6.07, 6.45) is 16.4. The molecule has 16 nitrogen and oxygen atoms in total. The molecule has 3 aromatic heterocycles. The third-order valence-electron chi connectivity index (χ3n) is 18.9. The standard InChI is InChI=1S/C61H68F2N10O6/c1-4-43-47(62)15-10-38-8-5-9-45(51(38)43)55-53(63)56-52-48(64-55)16-12-41-33-77-29-7-24-72(41)57(52)67-59(66-56)79-35-61-22-6-25-73(61)42(18-23-61)34-78-60(76)71-28-21-39(36(2)32-71)30-37-19-26-70(27-20-37)40-11-13-44-49(31-40)69(3)68-54(44)46-14-17-50(74)65-58(46)75/h1,5,8-11,13,15,31,36-37,39,41-42,46H,6-7,12,14,16-30,32-35H2,2-3H3,(H,65,74,75)/t36-,39-,41+,42+,46?,61+/m1/s1. The number of hydrogen-bond acceptors (Lipinski definition) is 13. The number of ether oxygens (including phenoxy) is 3. The van der Waals surface area contributed by atoms with Crippen LogP contribution in [0.3, 0.4) is 0 Å². The number of piperidine rings is 3. The maximum absolute atomic E-state index is 17.5. The Morgan fingerprint density at radius 2 is 1.81 bits per heavy atom. The Morgan fingerprint density at radius 3 is 2.65 bits per heavy atom. The van der Waals surface area contributed by atoms with Gasteiger partial charge in [0, 0.05) is 80.9 Å². The number of imide groups is 1. The minimum atomic E-state index is -0.640. The van der Waals surface area contributed by atoms with Crippen LogP contribution in [0.2, 0.25) is 0 Å². The van der Waals surface area contributed by atoms with E-state index in [0.717, 1.165) is 106 Å². The van der Waals surface area contributed by atoms with Crippen LogP contribution in [-0.2, 0) is 32.5 Å². The Kier molecular flexibility index (Phi) is 13.6. The second-order valence-corrected chi connectivity index (χ2v) is 23.5. The number of nitrogens with one attached hydrogen (secondary N) is 1. The van der Waals surface area contributed by atoms with Crippen molar-refractivity contribution in [2.45, 2.75) is 114 Å². The molecule has 6 fully saturated rings. The van der Waals surface area contributed by atoms with E-state index < -0.39 is 17.6 Å². The van der Waals surface area contributed by atoms with Crippen LogP contribution in [0.5, 0.6) is 6.01 Å². The number of hydrogen-bond donors (Lipinski definition) is 1. The fourth-order valence-corrected chi connectivity index (χ4v) is 14.7. The Labute approximate surface area is 458 Å². The predicted octanol–water partition coefficient (Wildman–Crippen LogP) is 8.83. The summed E-state index contributed by atoms with van der Waals surface area (Å²) >= 11 is 0. The zero-order chi connectivity index (χ0) is 54.1. The van der Waals surface area contributed by atoms with Gasteiger partial charge >= 0.3 is 12.1 Å². The number of carbonyl (C=O) groups excluding carboxylic acids is 3. The van der Waals surface area contributed by atoms with Gasteiger partial charge < -0.3 is 28.9 Å². The summed E-state index contributed by atoms with van der Waals surface area (Å²) in [5.74, 6) is 2.50. The Hall–Kier alpha value is -6.97. The van der Waals surface area contributed by atoms with Crippen molar-refractivity contribution in [2.24, 2.45) is 24.8 Å². The largest absolute Gasteiger partial charge is 0.461 e. The molecular weight excluding hydrogens is 1010 g/mol. The van der Waals surface area contributed by atoms with Crippen LogP contribution >= 0.6 is 0 Å². The van der Waals surface area contributed by atoms with Crippen LogP contribution < -0.4 is 19.9 Å². The summed E-state index contributed by atoms with van der Waals surface area (Å²) < 4.78 is 53.4. The zero-order valence-corrected chi connectivity index (χ0v) is 45.2. The smallest absolute Gasteiger partial charge is 0.409 e. The Bertz CT molecular complexity index is 3450. The lowest BCUT2D eigenvalue weighted by Crippen LogP contribution is -2.49. The molecule has 1 N–H and O–H groups in total. The number of anilines is 2. The minimum absolute atomic E-state index is 0.00441. The summed E-state index contributed by atoms with van der Waals surface area (Å²) in [5.41, 5.74) is 3.86. The molecule has 18 heteroatoms. The van der Waals surface area contributed by atoms with Crippen LogP contribution in [0.1, 0.15) is 107 Å². The van der Waals surface area contributed by atoms with Gasteiger partial charge in [0.15, 0.2) is 5.82 Å². The summed E-state index contributed by atoms with van der Waals surface area (Å²) in [6, 6.07) is 14.9. The van der Waals surface area contributed by atoms with E-state index in [2.05, 4.69) is 51.1 Å². The van der Waals surface area contributed by atoms with Crippen molar-refractivity contribution >= 4 is 62.0 Å². The first-order chi connectivity index (χ1) is 38.4. The van der Waals surface area contributed by atoms with Gasteiger partial charge in [-0.15, -0.1) is 6.42 Å². The zero-order valence-electron chi connectivity index (χ0n) is 45.2. The number of rotatable bonds is 10. The number of likely N-dealkylation sites (tertiary alicyclic amines) is 1. The summed E-state index contributed by atoms with van der Waals surface area (Å²) in [5, 5.41) is 9.84. The highest BCUT2D eigenvalue weighted by molar-refractivity contribution is 6.04. The van der Waals surface area contributed by atoms with Crippen molar-refractivity contribution in [1.29, 1.82) is 0 Å². The van der Waals surface area contributed by atoms with E-state index in [1.807, 2.05) is 22.7 Å². The molecule has 0 spiro atoms. The number of carbonyl (C=O) groups is 3. The highest BCUT2D eigenvalue weighted by Gasteiger charge is 2.50. The van der Waals surface area contributed by atoms with Crippen molar-refractivity contribution in [1.82, 2.24) is 39.8 Å². The molecule has 412 valence electrons. The van der Waals surface area contributed by atoms with E-state index in [1.165, 1.54) is 6.07 Å². The topological polar surface area (TPSA) is 160 Å². The number of benzene rings is 3. The fraction of sp³-hybridized carbons (Fsp3) is 0.525. The molecule has 3 amide bonds. The van der Waals surface area contributed by atoms with E-state index in [0.29, 0.717) is 116 Å². The first-order valence-electron chi connectivity index (χ1n) is 28.7. The van der Waals surface area contributed by atoms with E-state index in [4.69, 9.17) is 40.7 Å². The quantitative estimate of drug-likeness (QED) is 0.103. The van der Waals surface area contributed by atoms with Crippen LogP contribution in [-0.4, -0.2) is 136 Å². The molecular formula is C61H68F2N10O6. The number of fused-ring (bicyclic) bond motifs is 5. The maximum atomic E-state index is 17.5. The van der Waals surface area contributed by atoms with Crippen LogP contribution in [0.4, 0.5) is 25.1 Å². The molecule has 0 aliphatic carbocycles. The SMILES string of the molecule is C#Cc1c(F)ccc2cccc(-c3nc4c5c(nc(OC[C@@]67CCCN6[C@H](COC(=O)N6CC[C@H](CC8CCN(c9ccc%10c(C%11CCC(=O)NC%11=O)nn(C)c%10c9)CC8)[C@H](C)C6)CC7)nc5c3F)N3CCCOC[C@@H]3CC4)c12. The molecule has 13 rings (SSSR count). The molecule has 1 unspecified atom stereocenters. The van der Waals surface area contributed by atoms with Crippen molar-refractivity contribution in [2.75, 3.05) is 75.5 Å². The predicted molar refractivity (Wildman–Crippen MR) is 296 cm³/mol. The highest BCUT2D eigenvalue weighted by Crippen LogP contribution is 2.45. The van der Waals surface area contributed by atoms with Gasteiger partial charge in [-0.2, -0.15) is 15.1 Å². The number of amides is 3. The lowest BCUT2D eigenvalue weighted by atomic mass is 9.78. The van der Waals surface area contributed by atoms with E-state index in [9.17, 15) is 14.4 Å². The third kappa shape index (κ3) is 9.37. The lowest BCUT2D eigenvalue weighted by Gasteiger charge is -2.40. The first kappa shape index (κ1) is 51.5. The minimum Gasteiger partial charge on any atom is -0.461 e. The average Bonchev–Trinajstić information content (AvgIpc) is 4.26. The number of pyridine rings is 1. The van der Waals surface area contributed by atoms with Crippen molar-refractivity contribution < 1.29 is 37.4 Å². The molecule has 6 aromatic rings. The van der Waals surface area contributed by atoms with E-state index in [1.54, 1.807) is 18.2 Å². The summed E-state index contributed by atoms with van der Waals surface area (Å²) in [4.78, 5) is 62.2. The number of terminal acetylenes is 1. The second-order valence-electron chi connectivity index (χ2n) is 23.5. The molecule has 3 aromatic carbocycles. The highest BCUT2D eigenvalue weighted by atomic mass is 19.1. The molecule has 0 bridgehead atoms. The first-order valence-corrected chi connectivity index (χ1v) is 28.7. The summed E-state index contributed by atoms with van der Waals surface area (Å²) in [7, 11) is 1.91. The monoisotopic (exact) mass is 1070 g/mol. The van der Waals surface area contributed by atoms with Gasteiger partial charge in [-0.25, -0.2) is 18.6 Å². The number of halogens is 2. The second kappa shape index (κ2) is 20.9. The van der Waals surface area contributed by atoms with Crippen LogP contribution in [0.25, 0.3) is 43.8 Å². The van der Waals surface area contributed by atoms with Gasteiger partial charge in [0.05, 0.1) is 52.0 Å². The van der Waals surface area contributed by atoms with Crippen molar-refractivity contribution in [3.8, 4) is 29.6 Å². The number of aromatic nitrogens is 5. The van der Waals surface area contributed by atoms with E-state index >= 15 is 8.78 Å². The molecule has 10 heterocycles. The molecule has 79 heavy (non-hydrogen) atoms. The Morgan fingerprint density at radius 1 is 0.937 bits per heavy atom. The molecule has 0 radical (unpaired) electrons.